The second-order valence-corrected chi connectivity index (χ2v) is 4.85. The van der Waals surface area contributed by atoms with E-state index in [9.17, 15) is 0 Å². The SMILES string of the molecule is Cc1ccc(Oc2cc(N)cc(Br)c2)c(C#N)c1. The van der Waals surface area contributed by atoms with Gasteiger partial charge in [0.25, 0.3) is 0 Å². The number of nitrogen functional groups attached to an aromatic ring is 1. The monoisotopic (exact) mass is 302 g/mol. The third-order valence-electron chi connectivity index (χ3n) is 2.38. The fourth-order valence-electron chi connectivity index (χ4n) is 1.59. The van der Waals surface area contributed by atoms with Crippen LogP contribution in [0.25, 0.3) is 0 Å². The molecule has 4 heteroatoms. The van der Waals surface area contributed by atoms with Crippen molar-refractivity contribution < 1.29 is 4.74 Å². The number of hydrogen-bond acceptors (Lipinski definition) is 3. The van der Waals surface area contributed by atoms with Gasteiger partial charge in [0.05, 0.1) is 5.56 Å². The third-order valence-corrected chi connectivity index (χ3v) is 2.83. The lowest BCUT2D eigenvalue weighted by molar-refractivity contribution is 0.481. The Kier molecular flexibility index (Phi) is 3.54. The Morgan fingerprint density at radius 3 is 2.67 bits per heavy atom. The van der Waals surface area contributed by atoms with Gasteiger partial charge in [0.15, 0.2) is 0 Å². The van der Waals surface area contributed by atoms with E-state index in [1.54, 1.807) is 30.3 Å². The van der Waals surface area contributed by atoms with Gasteiger partial charge in [0.1, 0.15) is 17.6 Å². The first-order valence-corrected chi connectivity index (χ1v) is 6.12. The molecule has 2 aromatic carbocycles. The molecule has 0 heterocycles. The fourth-order valence-corrected chi connectivity index (χ4v) is 2.08. The van der Waals surface area contributed by atoms with Crippen molar-refractivity contribution >= 4 is 21.6 Å². The van der Waals surface area contributed by atoms with E-state index in [2.05, 4.69) is 22.0 Å². The van der Waals surface area contributed by atoms with Gasteiger partial charge in [-0.1, -0.05) is 22.0 Å². The third kappa shape index (κ3) is 2.82. The first kappa shape index (κ1) is 12.5. The Morgan fingerprint density at radius 2 is 2.00 bits per heavy atom. The topological polar surface area (TPSA) is 59.0 Å². The molecule has 3 nitrogen and oxygen atoms in total. The summed E-state index contributed by atoms with van der Waals surface area (Å²) in [5.74, 6) is 1.13. The average Bonchev–Trinajstić information content (AvgIpc) is 2.30. The van der Waals surface area contributed by atoms with Crippen LogP contribution in [-0.4, -0.2) is 0 Å². The highest BCUT2D eigenvalue weighted by Crippen LogP contribution is 2.29. The molecular formula is C14H11BrN2O. The zero-order valence-corrected chi connectivity index (χ0v) is 11.4. The van der Waals surface area contributed by atoms with Crippen molar-refractivity contribution in [2.75, 3.05) is 5.73 Å². The van der Waals surface area contributed by atoms with Crippen molar-refractivity contribution in [2.45, 2.75) is 6.92 Å². The van der Waals surface area contributed by atoms with Gasteiger partial charge in [-0.15, -0.1) is 0 Å². The molecule has 0 aliphatic heterocycles. The van der Waals surface area contributed by atoms with Crippen molar-refractivity contribution in [1.29, 1.82) is 5.26 Å². The van der Waals surface area contributed by atoms with Crippen molar-refractivity contribution in [3.63, 3.8) is 0 Å². The molecule has 2 aromatic rings. The summed E-state index contributed by atoms with van der Waals surface area (Å²) in [5, 5.41) is 9.07. The lowest BCUT2D eigenvalue weighted by Crippen LogP contribution is -1.91. The number of rotatable bonds is 2. The molecule has 18 heavy (non-hydrogen) atoms. The molecule has 0 atom stereocenters. The van der Waals surface area contributed by atoms with Gasteiger partial charge >= 0.3 is 0 Å². The van der Waals surface area contributed by atoms with Crippen LogP contribution in [0.3, 0.4) is 0 Å². The van der Waals surface area contributed by atoms with Crippen LogP contribution >= 0.6 is 15.9 Å². The van der Waals surface area contributed by atoms with Crippen LogP contribution in [0.1, 0.15) is 11.1 Å². The number of aryl methyl sites for hydroxylation is 1. The van der Waals surface area contributed by atoms with Crippen LogP contribution in [0.5, 0.6) is 11.5 Å². The van der Waals surface area contributed by atoms with E-state index in [-0.39, 0.29) is 0 Å². The summed E-state index contributed by atoms with van der Waals surface area (Å²) in [7, 11) is 0. The van der Waals surface area contributed by atoms with Crippen LogP contribution < -0.4 is 10.5 Å². The van der Waals surface area contributed by atoms with Crippen molar-refractivity contribution in [2.24, 2.45) is 0 Å². The predicted molar refractivity (Wildman–Crippen MR) is 74.5 cm³/mol. The van der Waals surface area contributed by atoms with E-state index in [0.717, 1.165) is 10.0 Å². The molecule has 0 bridgehead atoms. The summed E-state index contributed by atoms with van der Waals surface area (Å²) in [5.41, 5.74) is 7.86. The molecule has 0 amide bonds. The van der Waals surface area contributed by atoms with Gasteiger partial charge in [0.2, 0.25) is 0 Å². The highest BCUT2D eigenvalue weighted by atomic mass is 79.9. The number of nitrogens with zero attached hydrogens (tertiary/aromatic N) is 1. The lowest BCUT2D eigenvalue weighted by atomic mass is 10.1. The van der Waals surface area contributed by atoms with Crippen LogP contribution in [0.4, 0.5) is 5.69 Å². The highest BCUT2D eigenvalue weighted by Gasteiger charge is 2.06. The molecule has 0 saturated carbocycles. The Balaban J connectivity index is 2.37. The number of anilines is 1. The minimum atomic E-state index is 0.508. The summed E-state index contributed by atoms with van der Waals surface area (Å²) in [6, 6.07) is 12.9. The Morgan fingerprint density at radius 1 is 1.22 bits per heavy atom. The first-order chi connectivity index (χ1) is 8.58. The lowest BCUT2D eigenvalue weighted by Gasteiger charge is -2.09. The number of nitriles is 1. The summed E-state index contributed by atoms with van der Waals surface area (Å²) in [6.45, 7) is 1.93. The number of halogens is 1. The largest absolute Gasteiger partial charge is 0.456 e. The van der Waals surface area contributed by atoms with Crippen molar-refractivity contribution in [3.05, 3.63) is 52.0 Å². The predicted octanol–water partition coefficient (Wildman–Crippen LogP) is 4.00. The van der Waals surface area contributed by atoms with Gasteiger partial charge in [0, 0.05) is 16.2 Å². The minimum absolute atomic E-state index is 0.508. The van der Waals surface area contributed by atoms with E-state index < -0.39 is 0 Å². The van der Waals surface area contributed by atoms with Gasteiger partial charge in [-0.3, -0.25) is 0 Å². The molecular weight excluding hydrogens is 292 g/mol. The molecule has 0 radical (unpaired) electrons. The smallest absolute Gasteiger partial charge is 0.145 e. The van der Waals surface area contributed by atoms with E-state index in [1.165, 1.54) is 0 Å². The zero-order chi connectivity index (χ0) is 13.1. The molecule has 0 unspecified atom stereocenters. The molecule has 0 aromatic heterocycles. The molecule has 0 spiro atoms. The summed E-state index contributed by atoms with van der Waals surface area (Å²) >= 11 is 3.35. The van der Waals surface area contributed by atoms with E-state index >= 15 is 0 Å². The normalized spacial score (nSPS) is 9.83. The minimum Gasteiger partial charge on any atom is -0.456 e. The summed E-state index contributed by atoms with van der Waals surface area (Å²) < 4.78 is 6.52. The van der Waals surface area contributed by atoms with Crippen LogP contribution in [0.2, 0.25) is 0 Å². The number of nitrogens with two attached hydrogens (primary N) is 1. The molecule has 2 rings (SSSR count). The van der Waals surface area contributed by atoms with E-state index in [0.29, 0.717) is 22.7 Å². The zero-order valence-electron chi connectivity index (χ0n) is 9.77. The average molecular weight is 303 g/mol. The van der Waals surface area contributed by atoms with Crippen LogP contribution in [0, 0.1) is 18.3 Å². The van der Waals surface area contributed by atoms with Crippen molar-refractivity contribution in [3.8, 4) is 17.6 Å². The van der Waals surface area contributed by atoms with Gasteiger partial charge in [-0.05, 0) is 36.8 Å². The maximum atomic E-state index is 9.07. The Labute approximate surface area is 114 Å². The van der Waals surface area contributed by atoms with Crippen LogP contribution in [-0.2, 0) is 0 Å². The van der Waals surface area contributed by atoms with Crippen LogP contribution in [0.15, 0.2) is 40.9 Å². The first-order valence-electron chi connectivity index (χ1n) is 5.33. The second-order valence-electron chi connectivity index (χ2n) is 3.93. The number of ether oxygens (including phenoxy) is 1. The maximum absolute atomic E-state index is 9.07. The second kappa shape index (κ2) is 5.11. The highest BCUT2D eigenvalue weighted by molar-refractivity contribution is 9.10. The molecule has 0 aliphatic carbocycles. The van der Waals surface area contributed by atoms with Gasteiger partial charge in [-0.25, -0.2) is 0 Å². The van der Waals surface area contributed by atoms with Gasteiger partial charge in [-0.2, -0.15) is 5.26 Å². The standard InChI is InChI=1S/C14H11BrN2O/c1-9-2-3-14(10(4-9)8-16)18-13-6-11(15)5-12(17)7-13/h2-7H,17H2,1H3. The molecule has 0 aliphatic rings. The Bertz CT molecular complexity index is 612. The van der Waals surface area contributed by atoms with E-state index in [1.807, 2.05) is 13.0 Å². The maximum Gasteiger partial charge on any atom is 0.145 e. The number of benzene rings is 2. The Hall–Kier alpha value is -1.99. The van der Waals surface area contributed by atoms with Crippen molar-refractivity contribution in [1.82, 2.24) is 0 Å². The summed E-state index contributed by atoms with van der Waals surface area (Å²) in [4.78, 5) is 0. The van der Waals surface area contributed by atoms with Gasteiger partial charge < -0.3 is 10.5 Å². The quantitative estimate of drug-likeness (QED) is 0.853. The molecule has 0 fully saturated rings. The number of hydrogen-bond donors (Lipinski definition) is 1. The molecule has 0 saturated heterocycles. The molecule has 90 valence electrons. The van der Waals surface area contributed by atoms with E-state index in [4.69, 9.17) is 15.7 Å². The fraction of sp³-hybridized carbons (Fsp3) is 0.0714. The summed E-state index contributed by atoms with van der Waals surface area (Å²) in [6.07, 6.45) is 0. The molecule has 2 N–H and O–H groups in total.